The van der Waals surface area contributed by atoms with E-state index in [1.165, 1.54) is 54.9 Å². The minimum absolute atomic E-state index is 0.564. The molecule has 5 aromatic heterocycles. The lowest BCUT2D eigenvalue weighted by Gasteiger charge is -2.11. The number of pyridine rings is 4. The van der Waals surface area contributed by atoms with Gasteiger partial charge in [-0.15, -0.1) is 0 Å². The quantitative estimate of drug-likeness (QED) is 0.150. The summed E-state index contributed by atoms with van der Waals surface area (Å²) in [4.78, 5) is 31.6. The predicted molar refractivity (Wildman–Crippen MR) is 317 cm³/mol. The van der Waals surface area contributed by atoms with Gasteiger partial charge < -0.3 is 0 Å². The third kappa shape index (κ3) is 12.0. The summed E-state index contributed by atoms with van der Waals surface area (Å²) in [5.74, 6) is 1.78. The number of fused-ring (bicyclic) bond motifs is 2. The highest BCUT2D eigenvalue weighted by atomic mass is 15.1. The minimum Gasteiger partial charge on any atom is -0.253 e. The third-order valence-corrected chi connectivity index (χ3v) is 13.2. The van der Waals surface area contributed by atoms with Crippen molar-refractivity contribution < 1.29 is 0 Å². The van der Waals surface area contributed by atoms with E-state index in [0.29, 0.717) is 17.5 Å². The summed E-state index contributed by atoms with van der Waals surface area (Å²) in [5.41, 5.74) is 17.3. The zero-order chi connectivity index (χ0) is 52.3. The van der Waals surface area contributed by atoms with E-state index in [0.717, 1.165) is 56.4 Å². The van der Waals surface area contributed by atoms with Crippen molar-refractivity contribution in [2.45, 2.75) is 20.8 Å². The molecule has 0 fully saturated rings. The molecular formula is C70H53N7. The van der Waals surface area contributed by atoms with Gasteiger partial charge in [0, 0.05) is 34.6 Å². The first-order valence-corrected chi connectivity index (χ1v) is 25.7. The maximum absolute atomic E-state index is 5.03. The van der Waals surface area contributed by atoms with Gasteiger partial charge in [-0.05, 0) is 125 Å². The molecule has 7 heteroatoms. The summed E-state index contributed by atoms with van der Waals surface area (Å²) in [6, 6.07) is 88.2. The van der Waals surface area contributed by atoms with Crippen LogP contribution in [0.4, 0.5) is 0 Å². The largest absolute Gasteiger partial charge is 0.253 e. The topological polar surface area (TPSA) is 90.2 Å². The Balaban J connectivity index is 0.000000126. The molecule has 8 aromatic carbocycles. The molecule has 0 radical (unpaired) electrons. The summed E-state index contributed by atoms with van der Waals surface area (Å²) in [7, 11) is 0. The molecule has 77 heavy (non-hydrogen) atoms. The monoisotopic (exact) mass is 991 g/mol. The van der Waals surface area contributed by atoms with Crippen molar-refractivity contribution in [1.29, 1.82) is 0 Å². The van der Waals surface area contributed by atoms with Gasteiger partial charge in [-0.3, -0.25) is 9.97 Å². The predicted octanol–water partition coefficient (Wildman–Crippen LogP) is 17.4. The summed E-state index contributed by atoms with van der Waals surface area (Å²) >= 11 is 0. The number of benzene rings is 8. The fraction of sp³-hybridized carbons (Fsp3) is 0.0429. The van der Waals surface area contributed by atoms with E-state index in [2.05, 4.69) is 245 Å². The van der Waals surface area contributed by atoms with Gasteiger partial charge in [0.05, 0.1) is 22.8 Å². The maximum Gasteiger partial charge on any atom is 0.182 e. The first kappa shape index (κ1) is 49.1. The van der Waals surface area contributed by atoms with Crippen LogP contribution in [-0.4, -0.2) is 34.9 Å². The Morgan fingerprint density at radius 3 is 1.10 bits per heavy atom. The third-order valence-electron chi connectivity index (χ3n) is 13.2. The average molecular weight is 992 g/mol. The van der Waals surface area contributed by atoms with Crippen molar-refractivity contribution in [3.63, 3.8) is 0 Å². The summed E-state index contributed by atoms with van der Waals surface area (Å²) in [5, 5.41) is 4.95. The molecule has 0 saturated heterocycles. The van der Waals surface area contributed by atoms with Crippen LogP contribution >= 0.6 is 0 Å². The maximum atomic E-state index is 5.03. The lowest BCUT2D eigenvalue weighted by molar-refractivity contribution is 0.975. The van der Waals surface area contributed by atoms with Crippen LogP contribution in [-0.2, 0) is 0 Å². The number of hydrogen-bond donors (Lipinski definition) is 0. The smallest absolute Gasteiger partial charge is 0.182 e. The second-order valence-corrected chi connectivity index (χ2v) is 18.8. The molecule has 0 unspecified atom stereocenters. The van der Waals surface area contributed by atoms with Crippen LogP contribution in [0, 0.1) is 20.8 Å². The van der Waals surface area contributed by atoms with Crippen molar-refractivity contribution in [2.24, 2.45) is 0 Å². The number of rotatable bonds is 8. The zero-order valence-corrected chi connectivity index (χ0v) is 43.0. The van der Waals surface area contributed by atoms with Crippen molar-refractivity contribution in [1.82, 2.24) is 34.9 Å². The Bertz CT molecular complexity index is 4050. The van der Waals surface area contributed by atoms with Crippen LogP contribution < -0.4 is 0 Å². The first-order chi connectivity index (χ1) is 37.8. The van der Waals surface area contributed by atoms with Gasteiger partial charge in [-0.25, -0.2) is 24.9 Å². The molecule has 0 bridgehead atoms. The molecule has 368 valence electrons. The highest BCUT2D eigenvalue weighted by molar-refractivity contribution is 5.89. The summed E-state index contributed by atoms with van der Waals surface area (Å²) in [6.07, 6.45) is 3.43. The standard InChI is InChI=1S/2C28H21N.C14H11N5/c1-20-8-7-13-23(16-20)26-18-27(22-10-3-2-4-11-22)29-28(19-26)25-15-14-21-9-5-6-12-24(21)17-25;1-20-11-13-22(14-12-20)26-18-27(23-8-3-2-4-9-23)29-28(19-26)25-16-15-21-7-5-6-10-24(21)17-25;1-10-17-13(11-6-2-4-8-15-11)19-14(18-10)12-7-3-5-9-16-12/h2*2-19H,1H3;2-9H,1H3. The second kappa shape index (κ2) is 23.0. The number of hydrogen-bond acceptors (Lipinski definition) is 7. The molecule has 0 aliphatic rings. The molecule has 13 rings (SSSR count). The molecular weight excluding hydrogens is 939 g/mol. The lowest BCUT2D eigenvalue weighted by atomic mass is 9.98. The van der Waals surface area contributed by atoms with Crippen molar-refractivity contribution in [3.8, 4) is 90.3 Å². The second-order valence-electron chi connectivity index (χ2n) is 18.8. The zero-order valence-electron chi connectivity index (χ0n) is 43.0. The van der Waals surface area contributed by atoms with Crippen LogP contribution in [0.5, 0.6) is 0 Å². The Hall–Kier alpha value is -10.1. The van der Waals surface area contributed by atoms with Crippen molar-refractivity contribution in [3.05, 3.63) is 284 Å². The average Bonchev–Trinajstić information content (AvgIpc) is 3.50. The van der Waals surface area contributed by atoms with E-state index in [9.17, 15) is 0 Å². The molecule has 7 nitrogen and oxygen atoms in total. The summed E-state index contributed by atoms with van der Waals surface area (Å²) < 4.78 is 0. The van der Waals surface area contributed by atoms with Crippen molar-refractivity contribution in [2.75, 3.05) is 0 Å². The Labute approximate surface area is 449 Å². The van der Waals surface area contributed by atoms with Crippen LogP contribution in [0.15, 0.2) is 267 Å². The molecule has 13 aromatic rings. The van der Waals surface area contributed by atoms with E-state index in [4.69, 9.17) is 9.97 Å². The van der Waals surface area contributed by atoms with Gasteiger partial charge in [-0.1, -0.05) is 205 Å². The molecule has 0 spiro atoms. The number of aromatic nitrogens is 7. The lowest BCUT2D eigenvalue weighted by Crippen LogP contribution is -2.01. The fourth-order valence-electron chi connectivity index (χ4n) is 9.17. The van der Waals surface area contributed by atoms with Crippen LogP contribution in [0.3, 0.4) is 0 Å². The Morgan fingerprint density at radius 2 is 0.636 bits per heavy atom. The van der Waals surface area contributed by atoms with E-state index < -0.39 is 0 Å². The van der Waals surface area contributed by atoms with E-state index in [1.807, 2.05) is 55.5 Å². The Kier molecular flexibility index (Phi) is 14.7. The van der Waals surface area contributed by atoms with E-state index in [-0.39, 0.29) is 0 Å². The summed E-state index contributed by atoms with van der Waals surface area (Å²) in [6.45, 7) is 6.08. The number of aryl methyl sites for hydroxylation is 3. The van der Waals surface area contributed by atoms with Crippen LogP contribution in [0.2, 0.25) is 0 Å². The molecule has 0 amide bonds. The minimum atomic E-state index is 0.564. The van der Waals surface area contributed by atoms with Gasteiger partial charge in [0.25, 0.3) is 0 Å². The van der Waals surface area contributed by atoms with E-state index >= 15 is 0 Å². The molecule has 0 N–H and O–H groups in total. The normalized spacial score (nSPS) is 10.8. The first-order valence-electron chi connectivity index (χ1n) is 25.7. The van der Waals surface area contributed by atoms with Gasteiger partial charge >= 0.3 is 0 Å². The van der Waals surface area contributed by atoms with Crippen LogP contribution in [0.25, 0.3) is 112 Å². The molecule has 0 aliphatic carbocycles. The molecule has 0 saturated carbocycles. The Morgan fingerprint density at radius 1 is 0.221 bits per heavy atom. The fourth-order valence-corrected chi connectivity index (χ4v) is 9.17. The molecule has 0 aliphatic heterocycles. The highest BCUT2D eigenvalue weighted by Gasteiger charge is 2.13. The molecule has 0 atom stereocenters. The van der Waals surface area contributed by atoms with Gasteiger partial charge in [0.1, 0.15) is 17.2 Å². The molecule has 5 heterocycles. The van der Waals surface area contributed by atoms with E-state index in [1.54, 1.807) is 12.4 Å². The van der Waals surface area contributed by atoms with Crippen molar-refractivity contribution >= 4 is 21.5 Å². The highest BCUT2D eigenvalue weighted by Crippen LogP contribution is 2.34. The SMILES string of the molecule is Cc1ccc(-c2cc(-c3ccccc3)nc(-c3ccc4ccccc4c3)c2)cc1.Cc1cccc(-c2cc(-c3ccccc3)nc(-c3ccc4ccccc4c3)c2)c1.Cc1nc(-c2ccccn2)nc(-c2ccccn2)n1. The van der Waals surface area contributed by atoms with Crippen LogP contribution in [0.1, 0.15) is 17.0 Å². The van der Waals surface area contributed by atoms with Gasteiger partial charge in [0.2, 0.25) is 0 Å². The van der Waals surface area contributed by atoms with Gasteiger partial charge in [-0.2, -0.15) is 0 Å². The number of nitrogens with zero attached hydrogens (tertiary/aromatic N) is 7. The van der Waals surface area contributed by atoms with Gasteiger partial charge in [0.15, 0.2) is 11.6 Å².